The maximum absolute atomic E-state index is 14.5. The van der Waals surface area contributed by atoms with Gasteiger partial charge < -0.3 is 14.5 Å². The normalized spacial score (nSPS) is 21.2. The Hall–Kier alpha value is -4.58. The van der Waals surface area contributed by atoms with Crippen molar-refractivity contribution in [2.24, 2.45) is 17.8 Å². The molecule has 232 valence electrons. The Morgan fingerprint density at radius 1 is 1.04 bits per heavy atom. The zero-order chi connectivity index (χ0) is 31.3. The minimum Gasteiger partial charge on any atom is -0.466 e. The number of furan rings is 1. The quantitative estimate of drug-likeness (QED) is 0.157. The predicted octanol–water partition coefficient (Wildman–Crippen LogP) is 6.22. The number of rotatable bonds is 8. The summed E-state index contributed by atoms with van der Waals surface area (Å²) in [6.45, 7) is 3.98. The smallest absolute Gasteiger partial charge is 0.311 e. The van der Waals surface area contributed by atoms with Crippen LogP contribution in [0.4, 0.5) is 10.2 Å². The van der Waals surface area contributed by atoms with Crippen LogP contribution in [0, 0.1) is 30.6 Å². The number of ether oxygens (including phenoxy) is 1. The lowest BCUT2D eigenvalue weighted by atomic mass is 9.61. The summed E-state index contributed by atoms with van der Waals surface area (Å²) in [7, 11) is -4.15. The van der Waals surface area contributed by atoms with E-state index < -0.39 is 16.0 Å². The lowest BCUT2D eigenvalue weighted by molar-refractivity contribution is -0.154. The molecule has 3 aliphatic rings. The van der Waals surface area contributed by atoms with Crippen LogP contribution in [0.5, 0.6) is 0 Å². The first-order valence-corrected chi connectivity index (χ1v) is 16.5. The van der Waals surface area contributed by atoms with Gasteiger partial charge in [-0.15, -0.1) is 0 Å². The van der Waals surface area contributed by atoms with Crippen molar-refractivity contribution in [3.8, 4) is 22.8 Å². The number of anilines is 1. The molecule has 1 N–H and O–H groups in total. The van der Waals surface area contributed by atoms with E-state index in [1.807, 2.05) is 13.8 Å². The number of aryl methyl sites for hydroxylation is 1. The van der Waals surface area contributed by atoms with E-state index in [9.17, 15) is 17.6 Å². The molecule has 3 fully saturated rings. The van der Waals surface area contributed by atoms with Crippen molar-refractivity contribution in [3.05, 3.63) is 78.6 Å². The van der Waals surface area contributed by atoms with E-state index in [2.05, 4.69) is 10.3 Å². The van der Waals surface area contributed by atoms with Crippen LogP contribution in [0.1, 0.15) is 38.2 Å². The number of halogens is 1. The highest BCUT2D eigenvalue weighted by molar-refractivity contribution is 7.90. The second kappa shape index (κ2) is 11.4. The summed E-state index contributed by atoms with van der Waals surface area (Å²) in [5.41, 5.74) is 1.62. The number of fused-ring (bicyclic) bond motifs is 4. The van der Waals surface area contributed by atoms with Crippen LogP contribution in [-0.4, -0.2) is 46.0 Å². The van der Waals surface area contributed by atoms with E-state index in [4.69, 9.17) is 19.1 Å². The van der Waals surface area contributed by atoms with Crippen LogP contribution in [0.2, 0.25) is 0 Å². The molecule has 0 spiro atoms. The second-order valence-electron chi connectivity index (χ2n) is 11.7. The van der Waals surface area contributed by atoms with Gasteiger partial charge in [-0.1, -0.05) is 17.7 Å². The van der Waals surface area contributed by atoms with Crippen LogP contribution in [-0.2, 0) is 19.6 Å². The van der Waals surface area contributed by atoms with Gasteiger partial charge >= 0.3 is 5.97 Å². The van der Waals surface area contributed by atoms with Crippen molar-refractivity contribution in [1.82, 2.24) is 18.9 Å². The molecule has 5 aromatic rings. The zero-order valence-corrected chi connectivity index (χ0v) is 25.6. The zero-order valence-electron chi connectivity index (χ0n) is 24.8. The molecule has 2 atom stereocenters. The molecule has 4 aromatic heterocycles. The second-order valence-corrected chi connectivity index (χ2v) is 13.5. The van der Waals surface area contributed by atoms with Gasteiger partial charge in [0.2, 0.25) is 5.95 Å². The van der Waals surface area contributed by atoms with Crippen LogP contribution in [0.3, 0.4) is 0 Å². The summed E-state index contributed by atoms with van der Waals surface area (Å²) >= 11 is 0. The van der Waals surface area contributed by atoms with E-state index in [0.29, 0.717) is 34.8 Å². The molecule has 10 nitrogen and oxygen atoms in total. The number of carbonyl (C=O) groups excluding carboxylic acids is 1. The summed E-state index contributed by atoms with van der Waals surface area (Å²) in [6.07, 6.45) is 6.88. The number of hydrogen-bond acceptors (Lipinski definition) is 9. The number of hydrogen-bond donors (Lipinski definition) is 1. The molecule has 3 saturated carbocycles. The van der Waals surface area contributed by atoms with Gasteiger partial charge in [-0.2, -0.15) is 4.39 Å². The van der Waals surface area contributed by atoms with Gasteiger partial charge in [0.05, 0.1) is 23.7 Å². The Balaban J connectivity index is 1.36. The Morgan fingerprint density at radius 3 is 2.51 bits per heavy atom. The minimum absolute atomic E-state index is 0.0348. The summed E-state index contributed by atoms with van der Waals surface area (Å²) in [5, 5.41) is 3.90. The van der Waals surface area contributed by atoms with Crippen molar-refractivity contribution < 1.29 is 26.8 Å². The first-order chi connectivity index (χ1) is 21.7. The molecule has 12 heteroatoms. The third-order valence-electron chi connectivity index (χ3n) is 9.00. The van der Waals surface area contributed by atoms with Crippen LogP contribution < -0.4 is 5.32 Å². The van der Waals surface area contributed by atoms with Gasteiger partial charge in [-0.3, -0.25) is 4.79 Å². The number of esters is 1. The molecule has 3 aliphatic carbocycles. The van der Waals surface area contributed by atoms with Gasteiger partial charge in [0.15, 0.2) is 17.2 Å². The van der Waals surface area contributed by atoms with Crippen LogP contribution in [0.15, 0.2) is 76.4 Å². The van der Waals surface area contributed by atoms with E-state index >= 15 is 0 Å². The average molecular weight is 630 g/mol. The van der Waals surface area contributed by atoms with Crippen molar-refractivity contribution in [2.45, 2.75) is 50.5 Å². The van der Waals surface area contributed by atoms with Gasteiger partial charge in [0.1, 0.15) is 11.5 Å². The monoisotopic (exact) mass is 629 g/mol. The van der Waals surface area contributed by atoms with Crippen molar-refractivity contribution in [1.29, 1.82) is 0 Å². The van der Waals surface area contributed by atoms with Crippen LogP contribution in [0.25, 0.3) is 33.9 Å². The molecule has 2 bridgehead atoms. The molecule has 4 heterocycles. The van der Waals surface area contributed by atoms with Crippen molar-refractivity contribution in [2.75, 3.05) is 11.9 Å². The standard InChI is InChI=1S/C33H32FN5O5S/c1-3-43-33(40)29-20-8-10-21(11-9-20)30(29)37-28-17-25(26-5-4-16-44-26)35-31(38-28)24-18-39(32-23(24)14-15-27(34)36-32)45(41,42)22-12-6-19(2)7-13-22/h4-7,12-18,20-21,29-30H,3,8-11H2,1-2H3,(H,35,37,38)/t20?,21?,29-,30-/m0/s1. The van der Waals surface area contributed by atoms with E-state index in [-0.39, 0.29) is 46.1 Å². The highest BCUT2D eigenvalue weighted by Crippen LogP contribution is 2.47. The molecule has 8 rings (SSSR count). The molecule has 45 heavy (non-hydrogen) atoms. The summed E-state index contributed by atoms with van der Waals surface area (Å²) in [4.78, 5) is 26.7. The molecule has 0 aliphatic heterocycles. The fraction of sp³-hybridized carbons (Fsp3) is 0.333. The summed E-state index contributed by atoms with van der Waals surface area (Å²) < 4.78 is 54.2. The van der Waals surface area contributed by atoms with Gasteiger partial charge in [0.25, 0.3) is 10.0 Å². The number of nitrogens with zero attached hydrogens (tertiary/aromatic N) is 4. The fourth-order valence-corrected chi connectivity index (χ4v) is 8.15. The number of carbonyl (C=O) groups is 1. The highest BCUT2D eigenvalue weighted by Gasteiger charge is 2.48. The lowest BCUT2D eigenvalue weighted by Gasteiger charge is -2.47. The van der Waals surface area contributed by atoms with Gasteiger partial charge in [-0.05, 0) is 87.8 Å². The van der Waals surface area contributed by atoms with E-state index in [1.54, 1.807) is 30.3 Å². The third-order valence-corrected chi connectivity index (χ3v) is 10.7. The topological polar surface area (TPSA) is 129 Å². The maximum atomic E-state index is 14.5. The largest absolute Gasteiger partial charge is 0.466 e. The molecule has 1 aromatic carbocycles. The first kappa shape index (κ1) is 29.1. The van der Waals surface area contributed by atoms with E-state index in [1.165, 1.54) is 36.7 Å². The number of benzene rings is 1. The molecule has 0 radical (unpaired) electrons. The Kier molecular flexibility index (Phi) is 7.39. The van der Waals surface area contributed by atoms with Crippen molar-refractivity contribution >= 4 is 32.8 Å². The maximum Gasteiger partial charge on any atom is 0.311 e. The lowest BCUT2D eigenvalue weighted by Crippen LogP contribution is -2.52. The van der Waals surface area contributed by atoms with Gasteiger partial charge in [-0.25, -0.2) is 27.3 Å². The predicted molar refractivity (Wildman–Crippen MR) is 165 cm³/mol. The summed E-state index contributed by atoms with van der Waals surface area (Å²) in [5.74, 6) is 0.282. The Morgan fingerprint density at radius 2 is 1.80 bits per heavy atom. The SMILES string of the molecule is CCOC(=O)[C@H]1C2CCC(CC2)[C@@H]1Nc1cc(-c2ccco2)nc(-c2cn(S(=O)(=O)c3ccc(C)cc3)c3nc(F)ccc23)n1. The van der Waals surface area contributed by atoms with Crippen molar-refractivity contribution in [3.63, 3.8) is 0 Å². The average Bonchev–Trinajstić information content (AvgIpc) is 3.71. The van der Waals surface area contributed by atoms with Crippen LogP contribution >= 0.6 is 0 Å². The molecule has 0 amide bonds. The Bertz CT molecular complexity index is 1980. The van der Waals surface area contributed by atoms with E-state index in [0.717, 1.165) is 35.2 Å². The summed E-state index contributed by atoms with van der Waals surface area (Å²) in [6, 6.07) is 14.1. The first-order valence-electron chi connectivity index (χ1n) is 15.1. The minimum atomic E-state index is -4.15. The molecule has 0 unspecified atom stereocenters. The number of aromatic nitrogens is 4. The molecular weight excluding hydrogens is 597 g/mol. The third kappa shape index (κ3) is 5.26. The molecule has 0 saturated heterocycles. The van der Waals surface area contributed by atoms with Gasteiger partial charge in [0, 0.05) is 29.3 Å². The Labute approximate surface area is 259 Å². The highest BCUT2D eigenvalue weighted by atomic mass is 32.2. The number of pyridine rings is 1. The fourth-order valence-electron chi connectivity index (χ4n) is 6.83. The molecular formula is C33H32FN5O5S. The number of nitrogens with one attached hydrogen (secondary N) is 1.